The number of ketones is 1. The van der Waals surface area contributed by atoms with E-state index in [2.05, 4.69) is 4.98 Å². The fraction of sp³-hybridized carbons (Fsp3) is 0.393. The van der Waals surface area contributed by atoms with Crippen molar-refractivity contribution in [1.82, 2.24) is 19.7 Å². The van der Waals surface area contributed by atoms with Crippen LogP contribution in [0.2, 0.25) is 0 Å². The first-order chi connectivity index (χ1) is 18.7. The molecule has 3 atom stereocenters. The van der Waals surface area contributed by atoms with E-state index in [0.717, 1.165) is 28.0 Å². The van der Waals surface area contributed by atoms with Gasteiger partial charge in [-0.3, -0.25) is 19.9 Å². The van der Waals surface area contributed by atoms with E-state index >= 15 is 0 Å². The maximum Gasteiger partial charge on any atom is 0.328 e. The van der Waals surface area contributed by atoms with Crippen molar-refractivity contribution >= 4 is 45.2 Å². The Morgan fingerprint density at radius 3 is 2.49 bits per heavy atom. The Morgan fingerprint density at radius 2 is 1.82 bits per heavy atom. The number of carbonyl (C=O) groups is 3. The van der Waals surface area contributed by atoms with Crippen LogP contribution in [0, 0.1) is 5.41 Å². The lowest BCUT2D eigenvalue weighted by Crippen LogP contribution is -2.56. The second-order valence-electron chi connectivity index (χ2n) is 9.83. The Bertz CT molecular complexity index is 1310. The molecule has 0 radical (unpaired) electrons. The molecule has 5 N–H and O–H groups in total. The maximum atomic E-state index is 14.2. The molecule has 2 aromatic carbocycles. The number of hydrogen-bond acceptors (Lipinski definition) is 7. The molecule has 1 aliphatic rings. The third-order valence-electron chi connectivity index (χ3n) is 7.22. The Morgan fingerprint density at radius 1 is 1.13 bits per heavy atom. The molecule has 1 saturated heterocycles. The van der Waals surface area contributed by atoms with Gasteiger partial charge in [-0.05, 0) is 50.3 Å². The number of benzene rings is 2. The number of nitrogens with zero attached hydrogens (tertiary/aromatic N) is 4. The maximum absolute atomic E-state index is 14.2. The minimum absolute atomic E-state index is 0.105. The number of carbonyl (C=O) groups excluding carboxylic acids is 3. The third kappa shape index (κ3) is 6.10. The molecule has 1 aromatic heterocycles. The first-order valence-electron chi connectivity index (χ1n) is 13.1. The number of imide groups is 1. The molecule has 1 aliphatic heterocycles. The molecule has 3 aromatic rings. The van der Waals surface area contributed by atoms with Crippen LogP contribution in [0.4, 0.5) is 4.79 Å². The van der Waals surface area contributed by atoms with Gasteiger partial charge in [-0.2, -0.15) is 0 Å². The molecule has 0 aliphatic carbocycles. The SMILES string of the molecule is C[C@@H]1CCC(c2ccccc2)N1C(=O)N(C(=O)CN)C(CCCN(C)C(=N)N)C(=O)c1nc2ccccc2s1. The van der Waals surface area contributed by atoms with Crippen LogP contribution in [0.25, 0.3) is 10.2 Å². The van der Waals surface area contributed by atoms with Crippen LogP contribution in [0.1, 0.15) is 54.0 Å². The molecule has 0 spiro atoms. The highest BCUT2D eigenvalue weighted by molar-refractivity contribution is 7.20. The summed E-state index contributed by atoms with van der Waals surface area (Å²) in [5.41, 5.74) is 13.1. The number of hydrogen-bond donors (Lipinski definition) is 3. The zero-order valence-electron chi connectivity index (χ0n) is 22.2. The highest BCUT2D eigenvalue weighted by Crippen LogP contribution is 2.37. The highest BCUT2D eigenvalue weighted by atomic mass is 32.1. The summed E-state index contributed by atoms with van der Waals surface area (Å²) in [5, 5.41) is 7.88. The fourth-order valence-electron chi connectivity index (χ4n) is 5.09. The number of guanidine groups is 1. The van der Waals surface area contributed by atoms with Crippen LogP contribution in [0.3, 0.4) is 0 Å². The predicted octanol–water partition coefficient (Wildman–Crippen LogP) is 3.59. The average Bonchev–Trinajstić information content (AvgIpc) is 3.55. The highest BCUT2D eigenvalue weighted by Gasteiger charge is 2.43. The molecular formula is C28H35N7O3S. The number of rotatable bonds is 9. The van der Waals surface area contributed by atoms with Gasteiger partial charge in [0.1, 0.15) is 6.04 Å². The van der Waals surface area contributed by atoms with E-state index < -0.39 is 30.3 Å². The van der Waals surface area contributed by atoms with Gasteiger partial charge in [-0.1, -0.05) is 42.5 Å². The Labute approximate surface area is 232 Å². The summed E-state index contributed by atoms with van der Waals surface area (Å²) in [5.74, 6) is -1.13. The Kier molecular flexibility index (Phi) is 8.93. The van der Waals surface area contributed by atoms with Crippen molar-refractivity contribution in [2.45, 2.75) is 50.7 Å². The van der Waals surface area contributed by atoms with Gasteiger partial charge in [-0.15, -0.1) is 11.3 Å². The van der Waals surface area contributed by atoms with Crippen LogP contribution in [-0.4, -0.2) is 75.6 Å². The minimum atomic E-state index is -1.10. The van der Waals surface area contributed by atoms with Crippen molar-refractivity contribution in [2.75, 3.05) is 20.1 Å². The summed E-state index contributed by atoms with van der Waals surface area (Å²) >= 11 is 1.24. The molecule has 4 rings (SSSR count). The van der Waals surface area contributed by atoms with Gasteiger partial charge >= 0.3 is 6.03 Å². The van der Waals surface area contributed by atoms with Gasteiger partial charge in [0.2, 0.25) is 11.7 Å². The summed E-state index contributed by atoms with van der Waals surface area (Å²) in [6, 6.07) is 15.2. The van der Waals surface area contributed by atoms with Crippen LogP contribution >= 0.6 is 11.3 Å². The number of urea groups is 1. The van der Waals surface area contributed by atoms with Crippen molar-refractivity contribution in [2.24, 2.45) is 11.5 Å². The molecule has 11 heteroatoms. The molecule has 0 saturated carbocycles. The van der Waals surface area contributed by atoms with Crippen molar-refractivity contribution in [3.8, 4) is 0 Å². The van der Waals surface area contributed by atoms with E-state index in [4.69, 9.17) is 16.9 Å². The first kappa shape index (κ1) is 28.2. The van der Waals surface area contributed by atoms with Crippen molar-refractivity contribution in [1.29, 1.82) is 5.41 Å². The van der Waals surface area contributed by atoms with Gasteiger partial charge in [0.05, 0.1) is 22.8 Å². The number of Topliss-reactive ketones (excluding diaryl/α,β-unsaturated/α-hetero) is 1. The minimum Gasteiger partial charge on any atom is -0.370 e. The van der Waals surface area contributed by atoms with Crippen LogP contribution in [-0.2, 0) is 4.79 Å². The summed E-state index contributed by atoms with van der Waals surface area (Å²) in [4.78, 5) is 50.4. The van der Waals surface area contributed by atoms with Crippen LogP contribution < -0.4 is 11.5 Å². The van der Waals surface area contributed by atoms with E-state index in [9.17, 15) is 14.4 Å². The molecule has 3 amide bonds. The fourth-order valence-corrected chi connectivity index (χ4v) is 6.04. The van der Waals surface area contributed by atoms with Crippen LogP contribution in [0.5, 0.6) is 0 Å². The van der Waals surface area contributed by atoms with Crippen molar-refractivity contribution in [3.05, 3.63) is 65.2 Å². The molecular weight excluding hydrogens is 514 g/mol. The summed E-state index contributed by atoms with van der Waals surface area (Å²) < 4.78 is 0.844. The molecule has 206 valence electrons. The standard InChI is InChI=1S/C28H35N7O3S/c1-18-14-15-21(19-9-4-3-5-10-19)34(18)28(38)35(24(36)17-29)22(12-8-16-33(2)27(30)31)25(37)26-32-20-11-6-7-13-23(20)39-26/h3-7,9-11,13,18,21-22H,8,12,14-17,29H2,1-2H3,(H3,30,31)/t18-,21?,22?/m1/s1. The topological polar surface area (TPSA) is 150 Å². The summed E-state index contributed by atoms with van der Waals surface area (Å²) in [6.07, 6.45) is 2.12. The van der Waals surface area contributed by atoms with Gasteiger partial charge in [0.25, 0.3) is 0 Å². The summed E-state index contributed by atoms with van der Waals surface area (Å²) in [6.45, 7) is 1.92. The van der Waals surface area contributed by atoms with Crippen molar-refractivity contribution in [3.63, 3.8) is 0 Å². The predicted molar refractivity (Wildman–Crippen MR) is 153 cm³/mol. The smallest absolute Gasteiger partial charge is 0.328 e. The molecule has 1 fully saturated rings. The lowest BCUT2D eigenvalue weighted by molar-refractivity contribution is -0.128. The monoisotopic (exact) mass is 549 g/mol. The van der Waals surface area contributed by atoms with E-state index in [1.165, 1.54) is 11.3 Å². The van der Waals surface area contributed by atoms with Crippen LogP contribution in [0.15, 0.2) is 54.6 Å². The van der Waals surface area contributed by atoms with Crippen molar-refractivity contribution < 1.29 is 14.4 Å². The number of para-hydroxylation sites is 1. The Hall–Kier alpha value is -3.83. The number of likely N-dealkylation sites (tertiary alicyclic amines) is 1. The van der Waals surface area contributed by atoms with E-state index in [1.54, 1.807) is 16.8 Å². The molecule has 2 heterocycles. The quantitative estimate of drug-likeness (QED) is 0.210. The van der Waals surface area contributed by atoms with E-state index in [-0.39, 0.29) is 29.5 Å². The molecule has 39 heavy (non-hydrogen) atoms. The lowest BCUT2D eigenvalue weighted by Gasteiger charge is -2.37. The zero-order chi connectivity index (χ0) is 28.1. The van der Waals surface area contributed by atoms with E-state index in [1.807, 2.05) is 61.5 Å². The first-order valence-corrected chi connectivity index (χ1v) is 13.9. The van der Waals surface area contributed by atoms with Gasteiger partial charge in [-0.25, -0.2) is 9.78 Å². The molecule has 0 bridgehead atoms. The second-order valence-corrected chi connectivity index (χ2v) is 10.9. The number of aromatic nitrogens is 1. The van der Waals surface area contributed by atoms with E-state index in [0.29, 0.717) is 18.5 Å². The van der Waals surface area contributed by atoms with Gasteiger partial charge in [0.15, 0.2) is 11.0 Å². The van der Waals surface area contributed by atoms with Gasteiger partial charge < -0.3 is 21.3 Å². The summed E-state index contributed by atoms with van der Waals surface area (Å²) in [7, 11) is 1.68. The number of thiazole rings is 1. The third-order valence-corrected chi connectivity index (χ3v) is 8.28. The number of nitrogens with two attached hydrogens (primary N) is 2. The molecule has 2 unspecified atom stereocenters. The zero-order valence-corrected chi connectivity index (χ0v) is 23.1. The number of fused-ring (bicyclic) bond motifs is 1. The largest absolute Gasteiger partial charge is 0.370 e. The number of nitrogens with one attached hydrogen (secondary N) is 1. The number of amides is 3. The average molecular weight is 550 g/mol. The second kappa shape index (κ2) is 12.4. The normalized spacial score (nSPS) is 17.7. The Balaban J connectivity index is 1.71. The van der Waals surface area contributed by atoms with Gasteiger partial charge in [0, 0.05) is 19.6 Å². The lowest BCUT2D eigenvalue weighted by atomic mass is 10.0. The molecule has 10 nitrogen and oxygen atoms in total.